The smallest absolute Gasteiger partial charge is 0.475 e. The van der Waals surface area contributed by atoms with Gasteiger partial charge >= 0.3 is 12.1 Å². The molecule has 0 bridgehead atoms. The van der Waals surface area contributed by atoms with E-state index in [0.29, 0.717) is 30.1 Å². The van der Waals surface area contributed by atoms with Gasteiger partial charge in [-0.3, -0.25) is 4.79 Å². The first-order chi connectivity index (χ1) is 18.3. The van der Waals surface area contributed by atoms with E-state index in [2.05, 4.69) is 71.0 Å². The third-order valence-corrected chi connectivity index (χ3v) is 6.30. The van der Waals surface area contributed by atoms with Gasteiger partial charge in [-0.1, -0.05) is 62.9 Å². The number of hydrogen-bond donors (Lipinski definition) is 4. The third-order valence-electron chi connectivity index (χ3n) is 6.30. The monoisotopic (exact) mass is 551 g/mol. The number of anilines is 2. The second kappa shape index (κ2) is 15.3. The summed E-state index contributed by atoms with van der Waals surface area (Å²) >= 11 is 0. The van der Waals surface area contributed by atoms with Crippen LogP contribution in [-0.2, 0) is 16.1 Å². The Labute approximate surface area is 228 Å². The lowest BCUT2D eigenvalue weighted by Gasteiger charge is -2.23. The molecule has 0 spiro atoms. The molecule has 8 nitrogen and oxygen atoms in total. The van der Waals surface area contributed by atoms with Crippen molar-refractivity contribution in [1.29, 1.82) is 0 Å². The zero-order valence-corrected chi connectivity index (χ0v) is 23.1. The number of carboxylic acids is 1. The highest BCUT2D eigenvalue weighted by Gasteiger charge is 2.38. The Bertz CT molecular complexity index is 1060. The number of carbonyl (C=O) groups excluding carboxylic acids is 1. The van der Waals surface area contributed by atoms with E-state index in [1.165, 1.54) is 37.7 Å². The molecule has 0 saturated heterocycles. The number of alkyl halides is 3. The van der Waals surface area contributed by atoms with E-state index in [1.54, 1.807) is 0 Å². The fourth-order valence-corrected chi connectivity index (χ4v) is 4.25. The summed E-state index contributed by atoms with van der Waals surface area (Å²) in [6.07, 6.45) is 2.20. The Morgan fingerprint density at radius 1 is 1.05 bits per heavy atom. The van der Waals surface area contributed by atoms with Gasteiger partial charge < -0.3 is 21.1 Å². The average Bonchev–Trinajstić information content (AvgIpc) is 2.86. The van der Waals surface area contributed by atoms with Crippen LogP contribution in [0.2, 0.25) is 0 Å². The highest BCUT2D eigenvalue weighted by molar-refractivity contribution is 5.84. The first-order valence-corrected chi connectivity index (χ1v) is 13.3. The Balaban J connectivity index is 0.000000673. The first-order valence-electron chi connectivity index (χ1n) is 13.3. The highest BCUT2D eigenvalue weighted by Crippen LogP contribution is 2.24. The Morgan fingerprint density at radius 3 is 2.23 bits per heavy atom. The van der Waals surface area contributed by atoms with Crippen LogP contribution in [-0.4, -0.2) is 45.7 Å². The van der Waals surface area contributed by atoms with Crippen LogP contribution in [0.4, 0.5) is 24.9 Å². The maximum atomic E-state index is 13.0. The Kier molecular flexibility index (Phi) is 12.5. The van der Waals surface area contributed by atoms with Crippen molar-refractivity contribution >= 4 is 23.6 Å². The number of nitrogens with zero attached hydrogens (tertiary/aromatic N) is 2. The van der Waals surface area contributed by atoms with Gasteiger partial charge in [-0.2, -0.15) is 18.2 Å². The molecule has 1 fully saturated rings. The van der Waals surface area contributed by atoms with Gasteiger partial charge in [-0.25, -0.2) is 9.78 Å². The minimum absolute atomic E-state index is 0.00717. The van der Waals surface area contributed by atoms with Crippen molar-refractivity contribution < 1.29 is 27.9 Å². The molecule has 2 aromatic rings. The van der Waals surface area contributed by atoms with Crippen LogP contribution in [0.15, 0.2) is 30.3 Å². The van der Waals surface area contributed by atoms with E-state index in [1.807, 2.05) is 13.0 Å². The van der Waals surface area contributed by atoms with Gasteiger partial charge in [-0.15, -0.1) is 0 Å². The summed E-state index contributed by atoms with van der Waals surface area (Å²) in [7, 11) is 0. The molecule has 4 N–H and O–H groups in total. The van der Waals surface area contributed by atoms with E-state index < -0.39 is 12.1 Å². The van der Waals surface area contributed by atoms with E-state index in [0.717, 1.165) is 24.2 Å². The van der Waals surface area contributed by atoms with Gasteiger partial charge in [0.05, 0.1) is 0 Å². The number of nitrogens with one attached hydrogen (secondary N) is 3. The fraction of sp³-hybridized carbons (Fsp3) is 0.571. The number of aromatic nitrogens is 2. The predicted molar refractivity (Wildman–Crippen MR) is 145 cm³/mol. The van der Waals surface area contributed by atoms with Gasteiger partial charge in [-0.05, 0) is 50.5 Å². The fourth-order valence-electron chi connectivity index (χ4n) is 4.25. The zero-order valence-electron chi connectivity index (χ0n) is 23.1. The maximum Gasteiger partial charge on any atom is 0.490 e. The van der Waals surface area contributed by atoms with Crippen molar-refractivity contribution in [2.75, 3.05) is 17.2 Å². The SMILES string of the molecule is Cc1ccc(CNC(=O)[C@H](CC(C)C)Nc2cc(C)nc(NCC3CCCCC3)n2)cc1.O=C(O)C(F)(F)F. The van der Waals surface area contributed by atoms with Crippen molar-refractivity contribution in [1.82, 2.24) is 15.3 Å². The van der Waals surface area contributed by atoms with Crippen LogP contribution >= 0.6 is 0 Å². The summed E-state index contributed by atoms with van der Waals surface area (Å²) in [5.41, 5.74) is 3.20. The van der Waals surface area contributed by atoms with Crippen LogP contribution in [0.25, 0.3) is 0 Å². The molecule has 1 aromatic carbocycles. The normalized spacial score (nSPS) is 14.7. The number of aliphatic carboxylic acids is 1. The van der Waals surface area contributed by atoms with Crippen LogP contribution in [0.3, 0.4) is 0 Å². The number of amides is 1. The van der Waals surface area contributed by atoms with Gasteiger partial charge in [0.15, 0.2) is 0 Å². The quantitative estimate of drug-likeness (QED) is 0.292. The molecule has 0 aliphatic heterocycles. The topological polar surface area (TPSA) is 116 Å². The van der Waals surface area contributed by atoms with Crippen molar-refractivity contribution in [3.8, 4) is 0 Å². The standard InChI is InChI=1S/C26H39N5O.C2HF3O2/c1-18(2)14-23(25(32)27-16-22-12-10-19(3)11-13-22)30-24-15-20(4)29-26(31-24)28-17-21-8-6-5-7-9-21;3-2(4,5)1(6)7/h10-13,15,18,21,23H,5-9,14,16-17H2,1-4H3,(H,27,32)(H2,28,29,30,31);(H,6,7)/t23-;/m0./s1. The van der Waals surface area contributed by atoms with E-state index in [-0.39, 0.29) is 11.9 Å². The molecule has 216 valence electrons. The molecule has 1 aromatic heterocycles. The van der Waals surface area contributed by atoms with Crippen LogP contribution in [0.5, 0.6) is 0 Å². The minimum atomic E-state index is -5.08. The second-order valence-corrected chi connectivity index (χ2v) is 10.4. The third kappa shape index (κ3) is 12.4. The largest absolute Gasteiger partial charge is 0.490 e. The number of carbonyl (C=O) groups is 2. The molecule has 39 heavy (non-hydrogen) atoms. The summed E-state index contributed by atoms with van der Waals surface area (Å²) < 4.78 is 31.7. The van der Waals surface area contributed by atoms with Crippen LogP contribution < -0.4 is 16.0 Å². The number of benzene rings is 1. The molecule has 0 radical (unpaired) electrons. The van der Waals surface area contributed by atoms with Gasteiger partial charge in [0, 0.05) is 24.8 Å². The van der Waals surface area contributed by atoms with Crippen LogP contribution in [0.1, 0.15) is 69.2 Å². The molecule has 1 heterocycles. The predicted octanol–water partition coefficient (Wildman–Crippen LogP) is 5.86. The van der Waals surface area contributed by atoms with Gasteiger partial charge in [0.1, 0.15) is 11.9 Å². The molecule has 1 aliphatic rings. The summed E-state index contributed by atoms with van der Waals surface area (Å²) in [6, 6.07) is 9.80. The number of aryl methyl sites for hydroxylation is 2. The molecule has 0 unspecified atom stereocenters. The Hall–Kier alpha value is -3.37. The lowest BCUT2D eigenvalue weighted by atomic mass is 9.89. The average molecular weight is 552 g/mol. The summed E-state index contributed by atoms with van der Waals surface area (Å²) in [5, 5.41) is 17.0. The number of halogens is 3. The first kappa shape index (κ1) is 31.8. The molecule has 11 heteroatoms. The summed E-state index contributed by atoms with van der Waals surface area (Å²) in [4.78, 5) is 31.1. The van der Waals surface area contributed by atoms with Crippen molar-refractivity contribution in [2.45, 2.75) is 85.0 Å². The van der Waals surface area contributed by atoms with Gasteiger partial charge in [0.25, 0.3) is 0 Å². The lowest BCUT2D eigenvalue weighted by molar-refractivity contribution is -0.192. The van der Waals surface area contributed by atoms with Crippen molar-refractivity contribution in [3.05, 3.63) is 47.2 Å². The second-order valence-electron chi connectivity index (χ2n) is 10.4. The minimum Gasteiger partial charge on any atom is -0.475 e. The van der Waals surface area contributed by atoms with E-state index in [9.17, 15) is 18.0 Å². The maximum absolute atomic E-state index is 13.0. The number of rotatable bonds is 10. The molecule has 1 aliphatic carbocycles. The number of carboxylic acid groups (broad SMARTS) is 1. The number of hydrogen-bond acceptors (Lipinski definition) is 6. The molecule has 3 rings (SSSR count). The summed E-state index contributed by atoms with van der Waals surface area (Å²) in [5.74, 6) is -0.351. The molecule has 1 amide bonds. The molecular weight excluding hydrogens is 511 g/mol. The zero-order chi connectivity index (χ0) is 29.0. The van der Waals surface area contributed by atoms with Gasteiger partial charge in [0.2, 0.25) is 11.9 Å². The Morgan fingerprint density at radius 2 is 1.67 bits per heavy atom. The molecule has 1 saturated carbocycles. The van der Waals surface area contributed by atoms with Crippen molar-refractivity contribution in [3.63, 3.8) is 0 Å². The molecule has 1 atom stereocenters. The summed E-state index contributed by atoms with van der Waals surface area (Å²) in [6.45, 7) is 9.72. The van der Waals surface area contributed by atoms with Crippen molar-refractivity contribution in [2.24, 2.45) is 11.8 Å². The van der Waals surface area contributed by atoms with E-state index in [4.69, 9.17) is 9.90 Å². The lowest BCUT2D eigenvalue weighted by Crippen LogP contribution is -2.40. The van der Waals surface area contributed by atoms with Crippen LogP contribution in [0, 0.1) is 25.7 Å². The highest BCUT2D eigenvalue weighted by atomic mass is 19.4. The molecular formula is C28H40F3N5O3. The van der Waals surface area contributed by atoms with E-state index >= 15 is 0 Å².